The first-order valence-corrected chi connectivity index (χ1v) is 10.1. The molecule has 1 saturated heterocycles. The molecule has 1 atom stereocenters. The highest BCUT2D eigenvalue weighted by Gasteiger charge is 2.32. The van der Waals surface area contributed by atoms with Gasteiger partial charge in [0.05, 0.1) is 30.7 Å². The summed E-state index contributed by atoms with van der Waals surface area (Å²) >= 11 is 6.22. The first-order valence-electron chi connectivity index (χ1n) is 9.76. The molecule has 6 nitrogen and oxygen atoms in total. The number of alkyl halides is 1. The molecule has 0 saturated carbocycles. The molecule has 3 aromatic rings. The van der Waals surface area contributed by atoms with Gasteiger partial charge in [-0.3, -0.25) is 4.79 Å². The Morgan fingerprint density at radius 3 is 2.48 bits per heavy atom. The second-order valence-corrected chi connectivity index (χ2v) is 7.68. The SMILES string of the molecule is O=c1c(Cl)c(NC[C@@]2(F)CCCOC2)cnn1-c1ccc(Oc2ccc(F)cc2)cc1. The van der Waals surface area contributed by atoms with Gasteiger partial charge in [-0.05, 0) is 61.4 Å². The van der Waals surface area contributed by atoms with E-state index < -0.39 is 11.2 Å². The van der Waals surface area contributed by atoms with Gasteiger partial charge in [-0.2, -0.15) is 9.78 Å². The van der Waals surface area contributed by atoms with Crippen molar-refractivity contribution in [3.63, 3.8) is 0 Å². The zero-order chi connectivity index (χ0) is 21.8. The third-order valence-electron chi connectivity index (χ3n) is 4.92. The summed E-state index contributed by atoms with van der Waals surface area (Å²) in [7, 11) is 0. The number of hydrogen-bond acceptors (Lipinski definition) is 5. The highest BCUT2D eigenvalue weighted by atomic mass is 35.5. The van der Waals surface area contributed by atoms with Crippen LogP contribution in [0.5, 0.6) is 11.5 Å². The highest BCUT2D eigenvalue weighted by molar-refractivity contribution is 6.32. The topological polar surface area (TPSA) is 65.4 Å². The van der Waals surface area contributed by atoms with Gasteiger partial charge in [0.2, 0.25) is 0 Å². The number of aromatic nitrogens is 2. The lowest BCUT2D eigenvalue weighted by Crippen LogP contribution is -2.40. The van der Waals surface area contributed by atoms with Crippen LogP contribution < -0.4 is 15.6 Å². The fourth-order valence-electron chi connectivity index (χ4n) is 3.25. The van der Waals surface area contributed by atoms with Crippen molar-refractivity contribution in [1.29, 1.82) is 0 Å². The van der Waals surface area contributed by atoms with E-state index >= 15 is 0 Å². The van der Waals surface area contributed by atoms with Crippen LogP contribution in [0, 0.1) is 5.82 Å². The van der Waals surface area contributed by atoms with Crippen LogP contribution in [-0.4, -0.2) is 35.2 Å². The zero-order valence-corrected chi connectivity index (χ0v) is 17.2. The fraction of sp³-hybridized carbons (Fsp3) is 0.273. The summed E-state index contributed by atoms with van der Waals surface area (Å²) in [4.78, 5) is 12.7. The second-order valence-electron chi connectivity index (χ2n) is 7.30. The first kappa shape index (κ1) is 21.3. The van der Waals surface area contributed by atoms with Gasteiger partial charge < -0.3 is 14.8 Å². The molecule has 0 bridgehead atoms. The Labute approximate surface area is 182 Å². The molecule has 4 rings (SSSR count). The molecule has 1 fully saturated rings. The molecule has 0 amide bonds. The third-order valence-corrected chi connectivity index (χ3v) is 5.28. The summed E-state index contributed by atoms with van der Waals surface area (Å²) in [5.41, 5.74) is -1.29. The number of benzene rings is 2. The van der Waals surface area contributed by atoms with E-state index in [1.54, 1.807) is 24.3 Å². The van der Waals surface area contributed by atoms with Crippen LogP contribution in [0.4, 0.5) is 14.5 Å². The molecular weight excluding hydrogens is 428 g/mol. The molecule has 1 aliphatic rings. The molecule has 0 aliphatic carbocycles. The average Bonchev–Trinajstić information content (AvgIpc) is 2.78. The van der Waals surface area contributed by atoms with Crippen LogP contribution in [0.15, 0.2) is 59.5 Å². The molecule has 1 aliphatic heterocycles. The summed E-state index contributed by atoms with van der Waals surface area (Å²) < 4.78 is 39.7. The molecule has 2 aromatic carbocycles. The predicted molar refractivity (Wildman–Crippen MR) is 114 cm³/mol. The number of nitrogens with zero attached hydrogens (tertiary/aromatic N) is 2. The Morgan fingerprint density at radius 1 is 1.16 bits per heavy atom. The number of halogens is 3. The molecule has 2 heterocycles. The van der Waals surface area contributed by atoms with Gasteiger partial charge in [-0.1, -0.05) is 11.6 Å². The normalized spacial score (nSPS) is 18.5. The molecule has 0 radical (unpaired) electrons. The Kier molecular flexibility index (Phi) is 6.20. The van der Waals surface area contributed by atoms with E-state index in [0.29, 0.717) is 36.6 Å². The van der Waals surface area contributed by atoms with Crippen molar-refractivity contribution in [1.82, 2.24) is 9.78 Å². The lowest BCUT2D eigenvalue weighted by atomic mass is 9.99. The van der Waals surface area contributed by atoms with Crippen molar-refractivity contribution >= 4 is 17.3 Å². The van der Waals surface area contributed by atoms with Crippen LogP contribution in [0.2, 0.25) is 5.02 Å². The van der Waals surface area contributed by atoms with Crippen molar-refractivity contribution in [3.05, 3.63) is 75.9 Å². The van der Waals surface area contributed by atoms with Crippen molar-refractivity contribution < 1.29 is 18.3 Å². The van der Waals surface area contributed by atoms with Crippen LogP contribution in [0.1, 0.15) is 12.8 Å². The van der Waals surface area contributed by atoms with Gasteiger partial charge >= 0.3 is 0 Å². The Hall–Kier alpha value is -2.97. The van der Waals surface area contributed by atoms with Gasteiger partial charge in [0, 0.05) is 6.61 Å². The summed E-state index contributed by atoms with van der Waals surface area (Å²) in [6, 6.07) is 12.2. The number of rotatable bonds is 6. The van der Waals surface area contributed by atoms with Crippen molar-refractivity contribution in [3.8, 4) is 17.2 Å². The van der Waals surface area contributed by atoms with E-state index in [1.807, 2.05) is 0 Å². The van der Waals surface area contributed by atoms with Gasteiger partial charge in [0.1, 0.15) is 22.3 Å². The van der Waals surface area contributed by atoms with E-state index in [9.17, 15) is 13.6 Å². The highest BCUT2D eigenvalue weighted by Crippen LogP contribution is 2.26. The minimum atomic E-state index is -1.50. The molecule has 9 heteroatoms. The lowest BCUT2D eigenvalue weighted by Gasteiger charge is -2.29. The monoisotopic (exact) mass is 447 g/mol. The average molecular weight is 448 g/mol. The Balaban J connectivity index is 1.47. The summed E-state index contributed by atoms with van der Waals surface area (Å²) in [6.45, 7) is 0.541. The van der Waals surface area contributed by atoms with E-state index in [0.717, 1.165) is 4.68 Å². The molecule has 0 unspecified atom stereocenters. The van der Waals surface area contributed by atoms with Gasteiger partial charge in [0.15, 0.2) is 5.67 Å². The second kappa shape index (κ2) is 9.03. The standard InChI is InChI=1S/C22H20ClF2N3O3/c23-20-19(26-13-22(25)10-1-11-30-14-22)12-27-28(21(20)29)16-4-8-18(9-5-16)31-17-6-2-15(24)3-7-17/h2-9,12,26H,1,10-11,13-14H2/t22-/m0/s1. The number of ether oxygens (including phenoxy) is 2. The Bertz CT molecular complexity index is 1100. The van der Waals surface area contributed by atoms with Crippen LogP contribution in [0.25, 0.3) is 5.69 Å². The quantitative estimate of drug-likeness (QED) is 0.591. The lowest BCUT2D eigenvalue weighted by molar-refractivity contribution is -0.0234. The van der Waals surface area contributed by atoms with E-state index in [4.69, 9.17) is 21.1 Å². The zero-order valence-electron chi connectivity index (χ0n) is 16.5. The van der Waals surface area contributed by atoms with Crippen molar-refractivity contribution in [2.75, 3.05) is 25.1 Å². The van der Waals surface area contributed by atoms with E-state index in [-0.39, 0.29) is 29.7 Å². The molecular formula is C22H20ClF2N3O3. The maximum absolute atomic E-state index is 14.7. The fourth-order valence-corrected chi connectivity index (χ4v) is 3.44. The maximum Gasteiger partial charge on any atom is 0.292 e. The Morgan fingerprint density at radius 2 is 1.84 bits per heavy atom. The maximum atomic E-state index is 14.7. The number of anilines is 1. The molecule has 31 heavy (non-hydrogen) atoms. The van der Waals surface area contributed by atoms with Crippen LogP contribution in [-0.2, 0) is 4.74 Å². The summed E-state index contributed by atoms with van der Waals surface area (Å²) in [5, 5.41) is 6.93. The first-order chi connectivity index (χ1) is 14.9. The van der Waals surface area contributed by atoms with Gasteiger partial charge in [0.25, 0.3) is 5.56 Å². The van der Waals surface area contributed by atoms with Gasteiger partial charge in [-0.15, -0.1) is 0 Å². The summed E-state index contributed by atoms with van der Waals surface area (Å²) in [6.07, 6.45) is 2.42. The number of hydrogen-bond donors (Lipinski definition) is 1. The largest absolute Gasteiger partial charge is 0.457 e. The molecule has 1 aromatic heterocycles. The van der Waals surface area contributed by atoms with Crippen LogP contribution in [0.3, 0.4) is 0 Å². The summed E-state index contributed by atoms with van der Waals surface area (Å²) in [5.74, 6) is 0.643. The molecule has 0 spiro atoms. The van der Waals surface area contributed by atoms with E-state index in [1.165, 1.54) is 30.5 Å². The minimum Gasteiger partial charge on any atom is -0.457 e. The third kappa shape index (κ3) is 5.03. The smallest absolute Gasteiger partial charge is 0.292 e. The molecule has 162 valence electrons. The minimum absolute atomic E-state index is 0.00839. The van der Waals surface area contributed by atoms with E-state index in [2.05, 4.69) is 10.4 Å². The molecule has 1 N–H and O–H groups in total. The predicted octanol–water partition coefficient (Wildman–Crippen LogP) is 4.75. The number of nitrogens with one attached hydrogen (secondary N) is 1. The van der Waals surface area contributed by atoms with Crippen LogP contribution >= 0.6 is 11.6 Å². The van der Waals surface area contributed by atoms with Crippen molar-refractivity contribution in [2.24, 2.45) is 0 Å². The van der Waals surface area contributed by atoms with Gasteiger partial charge in [-0.25, -0.2) is 8.78 Å². The van der Waals surface area contributed by atoms with Crippen molar-refractivity contribution in [2.45, 2.75) is 18.5 Å².